The Kier molecular flexibility index (Phi) is 4.68. The normalized spacial score (nSPS) is 10.7. The molecule has 0 aliphatic carbocycles. The maximum Gasteiger partial charge on any atom is 0.247 e. The Morgan fingerprint density at radius 1 is 1.22 bits per heavy atom. The van der Waals surface area contributed by atoms with Crippen molar-refractivity contribution in [2.24, 2.45) is 0 Å². The molecule has 0 spiro atoms. The number of hydrogen-bond acceptors (Lipinski definition) is 8. The maximum atomic E-state index is 10.9. The number of aromatic nitrogens is 4. The zero-order chi connectivity index (χ0) is 16.2. The summed E-state index contributed by atoms with van der Waals surface area (Å²) < 4.78 is 6.37. The monoisotopic (exact) mass is 347 g/mol. The molecule has 3 aromatic rings. The number of thioether (sulfide) groups is 1. The predicted molar refractivity (Wildman–Crippen MR) is 88.2 cm³/mol. The topological polar surface area (TPSA) is 93.8 Å². The van der Waals surface area contributed by atoms with Gasteiger partial charge in [-0.3, -0.25) is 4.79 Å². The van der Waals surface area contributed by atoms with Crippen LogP contribution in [0.4, 0.5) is 5.13 Å². The van der Waals surface area contributed by atoms with Crippen LogP contribution in [-0.2, 0) is 10.5 Å². The van der Waals surface area contributed by atoms with Crippen molar-refractivity contribution < 1.29 is 9.21 Å². The molecule has 1 N–H and O–H groups in total. The predicted octanol–water partition coefficient (Wildman–Crippen LogP) is 3.15. The van der Waals surface area contributed by atoms with E-state index in [-0.39, 0.29) is 5.91 Å². The lowest BCUT2D eigenvalue weighted by Gasteiger charge is -1.95. The van der Waals surface area contributed by atoms with Crippen LogP contribution in [0, 0.1) is 6.92 Å². The molecule has 7 nitrogen and oxygen atoms in total. The van der Waals surface area contributed by atoms with Crippen LogP contribution in [0.25, 0.3) is 11.5 Å². The van der Waals surface area contributed by atoms with E-state index in [1.165, 1.54) is 35.6 Å². The van der Waals surface area contributed by atoms with Gasteiger partial charge < -0.3 is 9.73 Å². The highest BCUT2D eigenvalue weighted by Gasteiger charge is 2.11. The summed E-state index contributed by atoms with van der Waals surface area (Å²) in [7, 11) is 0. The number of nitrogens with zero attached hydrogens (tertiary/aromatic N) is 4. The summed E-state index contributed by atoms with van der Waals surface area (Å²) in [5.74, 6) is 1.34. The van der Waals surface area contributed by atoms with Crippen molar-refractivity contribution in [2.75, 3.05) is 5.32 Å². The number of carbonyl (C=O) groups is 1. The van der Waals surface area contributed by atoms with E-state index >= 15 is 0 Å². The van der Waals surface area contributed by atoms with Crippen LogP contribution in [0.15, 0.2) is 33.0 Å². The minimum Gasteiger partial charge on any atom is -0.420 e. The molecule has 0 atom stereocenters. The molecule has 0 bridgehead atoms. The number of nitrogens with one attached hydrogen (secondary N) is 1. The standard InChI is InChI=1S/C14H13N5O2S2/c1-8-3-5-10(6-4-8)12-17-16-11(21-12)7-22-14-19-18-13(23-14)15-9(2)20/h3-6H,7H2,1-2H3,(H,15,18,20). The second-order valence-corrected chi connectivity index (χ2v) is 6.91. The van der Waals surface area contributed by atoms with Gasteiger partial charge in [0.25, 0.3) is 0 Å². The summed E-state index contributed by atoms with van der Waals surface area (Å²) in [6.45, 7) is 3.45. The molecule has 1 amide bonds. The fourth-order valence-electron chi connectivity index (χ4n) is 1.72. The third kappa shape index (κ3) is 4.14. The number of carbonyl (C=O) groups excluding carboxylic acids is 1. The molecule has 3 rings (SSSR count). The zero-order valence-corrected chi connectivity index (χ0v) is 14.1. The van der Waals surface area contributed by atoms with Crippen LogP contribution < -0.4 is 5.32 Å². The Balaban J connectivity index is 1.62. The van der Waals surface area contributed by atoms with Crippen LogP contribution >= 0.6 is 23.1 Å². The Labute approximate surface area is 140 Å². The van der Waals surface area contributed by atoms with Crippen molar-refractivity contribution in [3.8, 4) is 11.5 Å². The molecule has 0 saturated heterocycles. The summed E-state index contributed by atoms with van der Waals surface area (Å²) >= 11 is 2.73. The molecule has 0 unspecified atom stereocenters. The molecule has 0 saturated carbocycles. The Bertz CT molecular complexity index is 813. The first kappa shape index (κ1) is 15.6. The fourth-order valence-corrected chi connectivity index (χ4v) is 3.35. The van der Waals surface area contributed by atoms with Crippen molar-refractivity contribution in [3.63, 3.8) is 0 Å². The van der Waals surface area contributed by atoms with Gasteiger partial charge in [-0.05, 0) is 19.1 Å². The molecule has 0 aliphatic heterocycles. The molecule has 2 heterocycles. The number of aryl methyl sites for hydroxylation is 1. The minimum absolute atomic E-state index is 0.169. The third-order valence-corrected chi connectivity index (χ3v) is 4.73. The van der Waals surface area contributed by atoms with Gasteiger partial charge in [0.15, 0.2) is 4.34 Å². The lowest BCUT2D eigenvalue weighted by Crippen LogP contribution is -2.04. The molecular weight excluding hydrogens is 334 g/mol. The van der Waals surface area contributed by atoms with Gasteiger partial charge in [-0.1, -0.05) is 40.8 Å². The van der Waals surface area contributed by atoms with Crippen molar-refractivity contribution in [2.45, 2.75) is 23.9 Å². The largest absolute Gasteiger partial charge is 0.420 e. The molecule has 2 aromatic heterocycles. The number of hydrogen-bond donors (Lipinski definition) is 1. The molecule has 1 aromatic carbocycles. The molecule has 23 heavy (non-hydrogen) atoms. The lowest BCUT2D eigenvalue weighted by molar-refractivity contribution is -0.114. The first-order valence-electron chi connectivity index (χ1n) is 6.73. The van der Waals surface area contributed by atoms with Gasteiger partial charge in [-0.25, -0.2) is 0 Å². The Morgan fingerprint density at radius 2 is 2.00 bits per heavy atom. The smallest absolute Gasteiger partial charge is 0.247 e. The first-order valence-corrected chi connectivity index (χ1v) is 8.53. The maximum absolute atomic E-state index is 10.9. The van der Waals surface area contributed by atoms with Gasteiger partial charge >= 0.3 is 0 Å². The van der Waals surface area contributed by atoms with Gasteiger partial charge in [0.1, 0.15) is 0 Å². The van der Waals surface area contributed by atoms with Crippen LogP contribution in [0.5, 0.6) is 0 Å². The van der Waals surface area contributed by atoms with Gasteiger partial charge in [-0.15, -0.1) is 20.4 Å². The van der Waals surface area contributed by atoms with E-state index in [2.05, 4.69) is 25.7 Å². The summed E-state index contributed by atoms with van der Waals surface area (Å²) in [5.41, 5.74) is 2.07. The highest BCUT2D eigenvalue weighted by Crippen LogP contribution is 2.28. The van der Waals surface area contributed by atoms with E-state index in [1.807, 2.05) is 31.2 Å². The van der Waals surface area contributed by atoms with E-state index in [1.54, 1.807) is 0 Å². The number of benzene rings is 1. The second kappa shape index (κ2) is 6.88. The van der Waals surface area contributed by atoms with E-state index in [0.29, 0.717) is 22.7 Å². The highest BCUT2D eigenvalue weighted by atomic mass is 32.2. The van der Waals surface area contributed by atoms with Crippen molar-refractivity contribution >= 4 is 34.1 Å². The van der Waals surface area contributed by atoms with E-state index in [0.717, 1.165) is 9.90 Å². The summed E-state index contributed by atoms with van der Waals surface area (Å²) in [6, 6.07) is 7.89. The van der Waals surface area contributed by atoms with E-state index in [4.69, 9.17) is 4.42 Å². The van der Waals surface area contributed by atoms with Crippen LogP contribution in [0.3, 0.4) is 0 Å². The molecule has 0 aliphatic rings. The van der Waals surface area contributed by atoms with Crippen molar-refractivity contribution in [1.29, 1.82) is 0 Å². The van der Waals surface area contributed by atoms with Crippen molar-refractivity contribution in [3.05, 3.63) is 35.7 Å². The summed E-state index contributed by atoms with van der Waals surface area (Å²) in [6.07, 6.45) is 0. The van der Waals surface area contributed by atoms with E-state index < -0.39 is 0 Å². The summed E-state index contributed by atoms with van der Waals surface area (Å²) in [5, 5.41) is 19.0. The molecular formula is C14H13N5O2S2. The number of amides is 1. The zero-order valence-electron chi connectivity index (χ0n) is 12.4. The highest BCUT2D eigenvalue weighted by molar-refractivity contribution is 8.00. The SMILES string of the molecule is CC(=O)Nc1nnc(SCc2nnc(-c3ccc(C)cc3)o2)s1. The van der Waals surface area contributed by atoms with E-state index in [9.17, 15) is 4.79 Å². The van der Waals surface area contributed by atoms with Crippen molar-refractivity contribution in [1.82, 2.24) is 20.4 Å². The molecule has 118 valence electrons. The Morgan fingerprint density at radius 3 is 2.74 bits per heavy atom. The van der Waals surface area contributed by atoms with Gasteiger partial charge in [0, 0.05) is 12.5 Å². The Hall–Kier alpha value is -2.26. The summed E-state index contributed by atoms with van der Waals surface area (Å²) in [4.78, 5) is 10.9. The molecule has 0 fully saturated rings. The lowest BCUT2D eigenvalue weighted by atomic mass is 10.1. The first-order chi connectivity index (χ1) is 11.1. The number of rotatable bonds is 5. The van der Waals surface area contributed by atoms with Gasteiger partial charge in [0.2, 0.25) is 22.8 Å². The number of anilines is 1. The average molecular weight is 347 g/mol. The molecule has 9 heteroatoms. The van der Waals surface area contributed by atoms with Gasteiger partial charge in [0.05, 0.1) is 5.75 Å². The van der Waals surface area contributed by atoms with Gasteiger partial charge in [-0.2, -0.15) is 0 Å². The second-order valence-electron chi connectivity index (χ2n) is 4.71. The van der Waals surface area contributed by atoms with Crippen LogP contribution in [0.2, 0.25) is 0 Å². The quantitative estimate of drug-likeness (QED) is 0.559. The van der Waals surface area contributed by atoms with Crippen LogP contribution in [-0.4, -0.2) is 26.3 Å². The minimum atomic E-state index is -0.169. The van der Waals surface area contributed by atoms with Crippen LogP contribution in [0.1, 0.15) is 18.4 Å². The fraction of sp³-hybridized carbons (Fsp3) is 0.214. The average Bonchev–Trinajstić information content (AvgIpc) is 3.14. The molecule has 0 radical (unpaired) electrons. The third-order valence-electron chi connectivity index (χ3n) is 2.77.